The summed E-state index contributed by atoms with van der Waals surface area (Å²) in [6.45, 7) is 0. The zero-order valence-electron chi connectivity index (χ0n) is 49.6. The maximum absolute atomic E-state index is 9.68. The second-order valence-corrected chi connectivity index (χ2v) is 23.1. The van der Waals surface area contributed by atoms with Crippen molar-refractivity contribution in [2.45, 2.75) is 0 Å². The summed E-state index contributed by atoms with van der Waals surface area (Å²) in [7, 11) is 0. The molecule has 0 fully saturated rings. The Bertz CT molecular complexity index is 6050. The number of hydrogen-bond donors (Lipinski definition) is 0. The topological polar surface area (TPSA) is 93.1 Å². The molecule has 18 rings (SSSR count). The van der Waals surface area contributed by atoms with E-state index in [0.717, 1.165) is 78.3 Å². The molecular weight excluding hydrogens is 1120 g/mol. The fraction of sp³-hybridized carbons (Fsp3) is 0. The molecular formula is C84H52N8. The number of aromatic nitrogens is 6. The minimum absolute atomic E-state index is 0.414. The van der Waals surface area contributed by atoms with Crippen LogP contribution in [0.2, 0.25) is 0 Å². The number of benzene rings is 12. The van der Waals surface area contributed by atoms with E-state index in [1.807, 2.05) is 24.3 Å². The predicted molar refractivity (Wildman–Crippen MR) is 377 cm³/mol. The molecule has 0 amide bonds. The Hall–Kier alpha value is -12.9. The molecule has 6 aromatic heterocycles. The minimum atomic E-state index is 0.414. The Morgan fingerprint density at radius 1 is 0.272 bits per heavy atom. The van der Waals surface area contributed by atoms with Crippen LogP contribution in [0.1, 0.15) is 11.3 Å². The lowest BCUT2D eigenvalue weighted by Crippen LogP contribution is -1.95. The van der Waals surface area contributed by atoms with Gasteiger partial charge in [-0.1, -0.05) is 182 Å². The summed E-state index contributed by atoms with van der Waals surface area (Å²) in [4.78, 5) is 8.28. The minimum Gasteiger partial charge on any atom is -0.309 e. The number of rotatable bonds is 8. The molecule has 0 radical (unpaired) electrons. The number of hydrogen-bond acceptors (Lipinski definition) is 4. The summed E-state index contributed by atoms with van der Waals surface area (Å²) in [5, 5.41) is 28.9. The summed E-state index contributed by atoms with van der Waals surface area (Å²) >= 11 is 0. The van der Waals surface area contributed by atoms with Crippen LogP contribution >= 0.6 is 0 Å². The molecule has 0 saturated heterocycles. The first-order chi connectivity index (χ1) is 45.6. The van der Waals surface area contributed by atoms with Gasteiger partial charge in [-0.15, -0.1) is 0 Å². The first-order valence-electron chi connectivity index (χ1n) is 30.7. The summed E-state index contributed by atoms with van der Waals surface area (Å²) in [5.74, 6) is 0. The summed E-state index contributed by atoms with van der Waals surface area (Å²) in [6.07, 6.45) is 5.05. The normalized spacial score (nSPS) is 11.5. The van der Waals surface area contributed by atoms with E-state index in [4.69, 9.17) is 0 Å². The molecule has 0 bridgehead atoms. The lowest BCUT2D eigenvalue weighted by atomic mass is 9.97. The summed E-state index contributed by atoms with van der Waals surface area (Å²) in [6, 6.07) is 110. The predicted octanol–water partition coefficient (Wildman–Crippen LogP) is 21.0. The van der Waals surface area contributed by atoms with Gasteiger partial charge in [-0.3, -0.25) is 4.98 Å². The highest BCUT2D eigenvalue weighted by molar-refractivity contribution is 6.27. The van der Waals surface area contributed by atoms with Crippen LogP contribution in [0.4, 0.5) is 0 Å². The Labute approximate surface area is 529 Å². The van der Waals surface area contributed by atoms with Crippen LogP contribution in [-0.4, -0.2) is 28.2 Å². The van der Waals surface area contributed by atoms with Crippen LogP contribution < -0.4 is 0 Å². The van der Waals surface area contributed by atoms with Crippen LogP contribution in [0.25, 0.3) is 154 Å². The molecule has 18 aromatic rings. The average Bonchev–Trinajstić information content (AvgIpc) is 1.56. The maximum Gasteiger partial charge on any atom is 0.141 e. The van der Waals surface area contributed by atoms with E-state index in [0.29, 0.717) is 11.3 Å². The number of nitriles is 2. The number of fused-ring (bicyclic) bond motifs is 14. The van der Waals surface area contributed by atoms with Gasteiger partial charge in [0.25, 0.3) is 0 Å². The van der Waals surface area contributed by atoms with Gasteiger partial charge in [0.1, 0.15) is 17.8 Å². The van der Waals surface area contributed by atoms with Crippen molar-refractivity contribution >= 4 is 87.2 Å². The SMILES string of the molecule is N#Cc1cc(-c2cccc(-c3cccc(-n4c5ccccc5c5c4ccc4c6ccccc6n(-c6ccccc6)c45)c3)c2)ccn1.N#Cc1cnccc1-c1cccc(-c2cccc(-n3c4ccccc4c4c3ccc3c5ccccc5n(-c5ccccc5)c34)c2)c1. The third-order valence-corrected chi connectivity index (χ3v) is 18.0. The molecule has 0 N–H and O–H groups in total. The summed E-state index contributed by atoms with van der Waals surface area (Å²) < 4.78 is 9.62. The third-order valence-electron chi connectivity index (χ3n) is 18.0. The summed E-state index contributed by atoms with van der Waals surface area (Å²) in [5.41, 5.74) is 23.3. The average molecular weight is 1170 g/mol. The molecule has 8 nitrogen and oxygen atoms in total. The van der Waals surface area contributed by atoms with Crippen LogP contribution in [0, 0.1) is 22.7 Å². The molecule has 8 heteroatoms. The maximum atomic E-state index is 9.68. The van der Waals surface area contributed by atoms with Gasteiger partial charge < -0.3 is 18.3 Å². The lowest BCUT2D eigenvalue weighted by Gasteiger charge is -2.12. The Kier molecular flexibility index (Phi) is 12.8. The number of pyridine rings is 2. The van der Waals surface area contributed by atoms with Crippen molar-refractivity contribution in [2.24, 2.45) is 0 Å². The Morgan fingerprint density at radius 2 is 0.674 bits per heavy atom. The highest BCUT2D eigenvalue weighted by Gasteiger charge is 2.23. The van der Waals surface area contributed by atoms with Crippen molar-refractivity contribution in [1.29, 1.82) is 10.5 Å². The van der Waals surface area contributed by atoms with Gasteiger partial charge in [0.05, 0.1) is 49.7 Å². The fourth-order valence-corrected chi connectivity index (χ4v) is 14.1. The van der Waals surface area contributed by atoms with Crippen LogP contribution in [0.3, 0.4) is 0 Å². The third kappa shape index (κ3) is 8.74. The molecule has 0 aliphatic carbocycles. The molecule has 0 atom stereocenters. The first-order valence-corrected chi connectivity index (χ1v) is 30.7. The van der Waals surface area contributed by atoms with E-state index in [2.05, 4.69) is 313 Å². The Morgan fingerprint density at radius 3 is 1.16 bits per heavy atom. The van der Waals surface area contributed by atoms with Gasteiger partial charge in [0.2, 0.25) is 0 Å². The zero-order valence-corrected chi connectivity index (χ0v) is 49.6. The van der Waals surface area contributed by atoms with Crippen molar-refractivity contribution in [2.75, 3.05) is 0 Å². The largest absolute Gasteiger partial charge is 0.309 e. The lowest BCUT2D eigenvalue weighted by molar-refractivity contribution is 1.17. The molecule has 0 spiro atoms. The van der Waals surface area contributed by atoms with Gasteiger partial charge in [-0.05, 0) is 154 Å². The molecule has 6 heterocycles. The van der Waals surface area contributed by atoms with E-state index in [1.165, 1.54) is 76.2 Å². The van der Waals surface area contributed by atoms with Gasteiger partial charge in [-0.25, -0.2) is 4.98 Å². The van der Waals surface area contributed by atoms with E-state index < -0.39 is 0 Å². The second kappa shape index (κ2) is 22.1. The Balaban J connectivity index is 0.000000141. The first kappa shape index (κ1) is 53.4. The van der Waals surface area contributed by atoms with Crippen molar-refractivity contribution < 1.29 is 0 Å². The second-order valence-electron chi connectivity index (χ2n) is 23.1. The molecule has 0 saturated carbocycles. The highest BCUT2D eigenvalue weighted by Crippen LogP contribution is 2.45. The van der Waals surface area contributed by atoms with Gasteiger partial charge in [0, 0.05) is 90.0 Å². The van der Waals surface area contributed by atoms with Gasteiger partial charge >= 0.3 is 0 Å². The number of para-hydroxylation sites is 6. The quantitative estimate of drug-likeness (QED) is 0.151. The van der Waals surface area contributed by atoms with Crippen molar-refractivity contribution in [1.82, 2.24) is 28.2 Å². The van der Waals surface area contributed by atoms with E-state index in [9.17, 15) is 10.5 Å². The molecule has 0 aliphatic rings. The zero-order chi connectivity index (χ0) is 61.2. The molecule has 0 unspecified atom stereocenters. The van der Waals surface area contributed by atoms with E-state index in [1.54, 1.807) is 18.6 Å². The molecule has 0 aliphatic heterocycles. The highest BCUT2D eigenvalue weighted by atomic mass is 15.0. The fourth-order valence-electron chi connectivity index (χ4n) is 14.1. The van der Waals surface area contributed by atoms with Gasteiger partial charge in [-0.2, -0.15) is 10.5 Å². The molecule has 92 heavy (non-hydrogen) atoms. The molecule has 428 valence electrons. The van der Waals surface area contributed by atoms with Gasteiger partial charge in [0.15, 0.2) is 0 Å². The van der Waals surface area contributed by atoms with Crippen molar-refractivity contribution in [3.63, 3.8) is 0 Å². The van der Waals surface area contributed by atoms with E-state index >= 15 is 0 Å². The monoisotopic (exact) mass is 1170 g/mol. The standard InChI is InChI=1S/2C42H26N4/c43-26-31-27-44-23-22-34(31)30-12-8-10-28(24-30)29-11-9-15-33(25-29)45-39-19-7-5-17-37(39)41-40(45)21-20-36-35-16-4-6-18-38(35)46(42(36)41)32-13-2-1-3-14-32;43-27-32-25-31(22-23-44-32)29-11-8-10-28(24-29)30-12-9-15-34(26-30)45-39-19-7-5-17-37(39)41-40(45)21-20-36-35-16-4-6-18-38(35)46(42(36)41)33-13-2-1-3-14-33/h1-25,27H;1-26H. The van der Waals surface area contributed by atoms with Crippen LogP contribution in [-0.2, 0) is 0 Å². The van der Waals surface area contributed by atoms with Crippen LogP contribution in [0.5, 0.6) is 0 Å². The van der Waals surface area contributed by atoms with Crippen LogP contribution in [0.15, 0.2) is 316 Å². The molecule has 12 aromatic carbocycles. The number of nitrogens with zero attached hydrogens (tertiary/aromatic N) is 8. The van der Waals surface area contributed by atoms with Crippen molar-refractivity contribution in [3.8, 4) is 79.4 Å². The smallest absolute Gasteiger partial charge is 0.141 e. The van der Waals surface area contributed by atoms with Crippen molar-refractivity contribution in [3.05, 3.63) is 327 Å². The van der Waals surface area contributed by atoms with E-state index in [-0.39, 0.29) is 0 Å².